The van der Waals surface area contributed by atoms with Gasteiger partial charge in [-0.1, -0.05) is 97.1 Å². The Morgan fingerprint density at radius 1 is 0.460 bits per heavy atom. The van der Waals surface area contributed by atoms with Gasteiger partial charge in [-0.2, -0.15) is 5.26 Å². The number of hydrogen-bond donors (Lipinski definition) is 0. The van der Waals surface area contributed by atoms with Crippen molar-refractivity contribution >= 4 is 55.0 Å². The lowest BCUT2D eigenvalue weighted by Gasteiger charge is -2.16. The van der Waals surface area contributed by atoms with E-state index in [1.165, 1.54) is 10.8 Å². The molecule has 0 spiro atoms. The molecule has 0 aliphatic rings. The van der Waals surface area contributed by atoms with E-state index in [1.54, 1.807) is 0 Å². The second kappa shape index (κ2) is 11.4. The maximum atomic E-state index is 10.1. The molecule has 230 valence electrons. The number of aromatic nitrogens is 2. The van der Waals surface area contributed by atoms with Crippen molar-refractivity contribution in [2.45, 2.75) is 0 Å². The molecule has 9 rings (SSSR count). The normalized spacial score (nSPS) is 11.1. The summed E-state index contributed by atoms with van der Waals surface area (Å²) in [5, 5.41) is 14.5. The Balaban J connectivity index is 1.19. The summed E-state index contributed by atoms with van der Waals surface area (Å²) >= 11 is 0. The zero-order valence-electron chi connectivity index (χ0n) is 26.7. The summed E-state index contributed by atoms with van der Waals surface area (Å²) in [6.07, 6.45) is 0. The molecule has 5 nitrogen and oxygen atoms in total. The first-order valence-corrected chi connectivity index (χ1v) is 16.2. The molecule has 50 heavy (non-hydrogen) atoms. The van der Waals surface area contributed by atoms with E-state index in [2.05, 4.69) is 116 Å². The Morgan fingerprint density at radius 2 is 1.00 bits per heavy atom. The fraction of sp³-hybridized carbons (Fsp3) is 0. The van der Waals surface area contributed by atoms with Crippen molar-refractivity contribution in [1.82, 2.24) is 9.13 Å². The predicted octanol–water partition coefficient (Wildman–Crippen LogP) is 12.2. The van der Waals surface area contributed by atoms with E-state index in [0.29, 0.717) is 16.9 Å². The molecule has 0 radical (unpaired) electrons. The monoisotopic (exact) mass is 635 g/mol. The number of nitrogens with zero attached hydrogens (tertiary/aromatic N) is 5. The van der Waals surface area contributed by atoms with Gasteiger partial charge in [0.25, 0.3) is 0 Å². The Bertz CT molecular complexity index is 2900. The van der Waals surface area contributed by atoms with Crippen molar-refractivity contribution in [3.63, 3.8) is 0 Å². The zero-order chi connectivity index (χ0) is 33.8. The van der Waals surface area contributed by atoms with Gasteiger partial charge in [-0.3, -0.25) is 0 Å². The second-order valence-corrected chi connectivity index (χ2v) is 12.3. The lowest BCUT2D eigenvalue weighted by atomic mass is 9.97. The number of benzene rings is 7. The predicted molar refractivity (Wildman–Crippen MR) is 203 cm³/mol. The topological polar surface area (TPSA) is 42.4 Å². The lowest BCUT2D eigenvalue weighted by molar-refractivity contribution is 1.18. The van der Waals surface area contributed by atoms with Gasteiger partial charge in [0.05, 0.1) is 46.8 Å². The Hall–Kier alpha value is -7.39. The molecule has 0 aliphatic carbocycles. The van der Waals surface area contributed by atoms with Crippen LogP contribution in [0.25, 0.3) is 86.9 Å². The number of rotatable bonds is 4. The molecule has 0 saturated heterocycles. The van der Waals surface area contributed by atoms with E-state index in [-0.39, 0.29) is 0 Å². The van der Waals surface area contributed by atoms with Crippen LogP contribution in [0.15, 0.2) is 152 Å². The molecule has 2 aromatic heterocycles. The number of hydrogen-bond acceptors (Lipinski definition) is 1. The van der Waals surface area contributed by atoms with Crippen molar-refractivity contribution in [3.05, 3.63) is 180 Å². The van der Waals surface area contributed by atoms with Crippen molar-refractivity contribution in [2.75, 3.05) is 0 Å². The maximum absolute atomic E-state index is 10.1. The highest BCUT2D eigenvalue weighted by molar-refractivity contribution is 6.11. The highest BCUT2D eigenvalue weighted by Crippen LogP contribution is 2.40. The van der Waals surface area contributed by atoms with Crippen LogP contribution in [0.5, 0.6) is 0 Å². The van der Waals surface area contributed by atoms with E-state index in [1.807, 2.05) is 60.7 Å². The molecule has 0 bridgehead atoms. The third-order valence-corrected chi connectivity index (χ3v) is 9.55. The first-order chi connectivity index (χ1) is 24.6. The molecular weight excluding hydrogens is 611 g/mol. The summed E-state index contributed by atoms with van der Waals surface area (Å²) in [5.74, 6) is 0. The van der Waals surface area contributed by atoms with Crippen LogP contribution in [-0.4, -0.2) is 9.13 Å². The summed E-state index contributed by atoms with van der Waals surface area (Å²) in [4.78, 5) is 7.44. The van der Waals surface area contributed by atoms with E-state index in [9.17, 15) is 5.26 Å². The van der Waals surface area contributed by atoms with Crippen LogP contribution in [0.4, 0.5) is 11.4 Å². The SMILES string of the molecule is [C-]#[N+]c1ccc(-c2ccc(-c3cc(C#N)cc(-n4c5ccccc5c5ccccc54)c3)cc2)c(-n2c3ccccc3c3cc([N+]#[C-])ccc32)c1. The third kappa shape index (κ3) is 4.45. The molecule has 7 aromatic carbocycles. The molecule has 2 heterocycles. The van der Waals surface area contributed by atoms with Gasteiger partial charge >= 0.3 is 0 Å². The zero-order valence-corrected chi connectivity index (χ0v) is 26.7. The number of para-hydroxylation sites is 3. The molecule has 0 saturated carbocycles. The molecule has 0 amide bonds. The summed E-state index contributed by atoms with van der Waals surface area (Å²) < 4.78 is 4.44. The summed E-state index contributed by atoms with van der Waals surface area (Å²) in [6.45, 7) is 15.4. The molecule has 0 unspecified atom stereocenters. The minimum atomic E-state index is 0.551. The Labute approximate surface area is 288 Å². The minimum absolute atomic E-state index is 0.551. The van der Waals surface area contributed by atoms with Gasteiger partial charge in [0.2, 0.25) is 0 Å². The van der Waals surface area contributed by atoms with Gasteiger partial charge in [-0.15, -0.1) is 0 Å². The van der Waals surface area contributed by atoms with Gasteiger partial charge in [0, 0.05) is 33.1 Å². The molecule has 9 aromatic rings. The van der Waals surface area contributed by atoms with Crippen molar-refractivity contribution in [1.29, 1.82) is 5.26 Å². The molecule has 5 heteroatoms. The Morgan fingerprint density at radius 3 is 1.64 bits per heavy atom. The highest BCUT2D eigenvalue weighted by Gasteiger charge is 2.18. The van der Waals surface area contributed by atoms with Gasteiger partial charge < -0.3 is 9.13 Å². The van der Waals surface area contributed by atoms with Crippen LogP contribution < -0.4 is 0 Å². The smallest absolute Gasteiger partial charge is 0.189 e. The minimum Gasteiger partial charge on any atom is -0.310 e. The fourth-order valence-electron chi connectivity index (χ4n) is 7.32. The van der Waals surface area contributed by atoms with E-state index in [4.69, 9.17) is 13.1 Å². The third-order valence-electron chi connectivity index (χ3n) is 9.55. The number of nitriles is 1. The van der Waals surface area contributed by atoms with E-state index >= 15 is 0 Å². The first-order valence-electron chi connectivity index (χ1n) is 16.2. The van der Waals surface area contributed by atoms with E-state index < -0.39 is 0 Å². The van der Waals surface area contributed by atoms with Crippen LogP contribution in [0.1, 0.15) is 5.56 Å². The van der Waals surface area contributed by atoms with Gasteiger partial charge in [0.15, 0.2) is 11.4 Å². The summed E-state index contributed by atoms with van der Waals surface area (Å²) in [7, 11) is 0. The second-order valence-electron chi connectivity index (χ2n) is 12.3. The van der Waals surface area contributed by atoms with Crippen LogP contribution >= 0.6 is 0 Å². The average molecular weight is 636 g/mol. The van der Waals surface area contributed by atoms with E-state index in [0.717, 1.165) is 66.5 Å². The van der Waals surface area contributed by atoms with Gasteiger partial charge in [-0.25, -0.2) is 9.69 Å². The van der Waals surface area contributed by atoms with Gasteiger partial charge in [0.1, 0.15) is 0 Å². The standard InChI is InChI=1S/C45H25N5/c1-47-33-20-22-44-40(26-33)39-11-5-8-14-43(39)50(44)45-27-34(48-2)19-21-36(45)31-17-15-30(16-18-31)32-23-29(28-46)24-35(25-32)49-41-12-6-3-9-37(41)38-10-4-7-13-42(38)49/h3-27H. The first kappa shape index (κ1) is 28.8. The van der Waals surface area contributed by atoms with Crippen LogP contribution in [-0.2, 0) is 0 Å². The number of fused-ring (bicyclic) bond motifs is 6. The summed E-state index contributed by atoms with van der Waals surface area (Å²) in [6, 6.07) is 53.4. The van der Waals surface area contributed by atoms with Crippen LogP contribution in [0.2, 0.25) is 0 Å². The molecule has 0 fully saturated rings. The highest BCUT2D eigenvalue weighted by atomic mass is 15.0. The Kier molecular flexibility index (Phi) is 6.56. The molecular formula is C45H25N5. The average Bonchev–Trinajstić information content (AvgIpc) is 3.70. The van der Waals surface area contributed by atoms with Crippen molar-refractivity contribution < 1.29 is 0 Å². The molecule has 0 N–H and O–H groups in total. The van der Waals surface area contributed by atoms with Crippen molar-refractivity contribution in [3.8, 4) is 39.7 Å². The largest absolute Gasteiger partial charge is 0.310 e. The quantitative estimate of drug-likeness (QED) is 0.177. The molecule has 0 atom stereocenters. The fourth-order valence-corrected chi connectivity index (χ4v) is 7.32. The maximum Gasteiger partial charge on any atom is 0.189 e. The van der Waals surface area contributed by atoms with Gasteiger partial charge in [-0.05, 0) is 76.7 Å². The molecule has 0 aliphatic heterocycles. The van der Waals surface area contributed by atoms with Crippen LogP contribution in [0, 0.1) is 24.5 Å². The van der Waals surface area contributed by atoms with Crippen molar-refractivity contribution in [2.24, 2.45) is 0 Å². The summed E-state index contributed by atoms with van der Waals surface area (Å²) in [5.41, 5.74) is 11.7. The van der Waals surface area contributed by atoms with Crippen LogP contribution in [0.3, 0.4) is 0 Å². The lowest BCUT2D eigenvalue weighted by Crippen LogP contribution is -1.97.